The van der Waals surface area contributed by atoms with Crippen molar-refractivity contribution in [3.8, 4) is 0 Å². The van der Waals surface area contributed by atoms with Crippen molar-refractivity contribution in [3.05, 3.63) is 47.8 Å². The van der Waals surface area contributed by atoms with Crippen LogP contribution in [-0.2, 0) is 11.5 Å². The molecule has 0 aliphatic heterocycles. The number of hydrogen-bond acceptors (Lipinski definition) is 5. The average molecular weight is 454 g/mol. The number of benzene rings is 1. The topological polar surface area (TPSA) is 81.1 Å². The summed E-state index contributed by atoms with van der Waals surface area (Å²) in [5.74, 6) is 0.411. The van der Waals surface area contributed by atoms with E-state index in [9.17, 15) is 4.79 Å². The van der Waals surface area contributed by atoms with Crippen molar-refractivity contribution in [2.24, 2.45) is 0 Å². The largest absolute Gasteiger partial charge is 0.361 e. The molecule has 172 valence electrons. The molecule has 0 saturated heterocycles. The lowest BCUT2D eigenvalue weighted by atomic mass is 10.1. The number of aromatic nitrogens is 3. The first-order valence-electron chi connectivity index (χ1n) is 11.0. The second kappa shape index (κ2) is 9.42. The number of fused-ring (bicyclic) bond motifs is 1. The third kappa shape index (κ3) is 6.64. The van der Waals surface area contributed by atoms with Crippen LogP contribution in [0.15, 0.2) is 36.7 Å². The Bertz CT molecular complexity index is 1080. The second-order valence-corrected chi connectivity index (χ2v) is 16.1. The molecule has 1 amide bonds. The third-order valence-corrected chi connectivity index (χ3v) is 6.55. The fourth-order valence-electron chi connectivity index (χ4n) is 3.11. The molecule has 0 aliphatic carbocycles. The molecule has 0 aliphatic rings. The third-order valence-electron chi connectivity index (χ3n) is 4.85. The van der Waals surface area contributed by atoms with Gasteiger partial charge in [-0.05, 0) is 45.9 Å². The van der Waals surface area contributed by atoms with Gasteiger partial charge in [-0.1, -0.05) is 37.3 Å². The van der Waals surface area contributed by atoms with E-state index >= 15 is 0 Å². The van der Waals surface area contributed by atoms with Gasteiger partial charge in [0.05, 0.1) is 11.8 Å². The Morgan fingerprint density at radius 1 is 1.16 bits per heavy atom. The zero-order chi connectivity index (χ0) is 23.5. The summed E-state index contributed by atoms with van der Waals surface area (Å²) in [5, 5.41) is 6.30. The number of hydrogen-bond donors (Lipinski definition) is 2. The van der Waals surface area contributed by atoms with Crippen LogP contribution < -0.4 is 10.6 Å². The Morgan fingerprint density at radius 3 is 2.47 bits per heavy atom. The number of amides is 1. The van der Waals surface area contributed by atoms with Gasteiger partial charge >= 0.3 is 0 Å². The predicted molar refractivity (Wildman–Crippen MR) is 133 cm³/mol. The van der Waals surface area contributed by atoms with Crippen molar-refractivity contribution < 1.29 is 9.53 Å². The molecule has 0 spiro atoms. The number of carbonyl (C=O) groups is 1. The first kappa shape index (κ1) is 23.9. The molecule has 2 heterocycles. The smallest absolute Gasteiger partial charge is 0.255 e. The molecule has 2 N–H and O–H groups in total. The van der Waals surface area contributed by atoms with Crippen molar-refractivity contribution in [1.82, 2.24) is 19.9 Å². The molecule has 0 unspecified atom stereocenters. The molecule has 8 heteroatoms. The minimum atomic E-state index is -1.17. The Balaban J connectivity index is 1.90. The molecule has 1 aromatic carbocycles. The summed E-state index contributed by atoms with van der Waals surface area (Å²) in [7, 11) is -1.17. The van der Waals surface area contributed by atoms with Crippen LogP contribution in [0.5, 0.6) is 0 Å². The van der Waals surface area contributed by atoms with E-state index in [1.807, 2.05) is 56.5 Å². The Labute approximate surface area is 191 Å². The van der Waals surface area contributed by atoms with Crippen molar-refractivity contribution in [1.29, 1.82) is 0 Å². The van der Waals surface area contributed by atoms with Gasteiger partial charge in [-0.3, -0.25) is 4.79 Å². The lowest BCUT2D eigenvalue weighted by molar-refractivity contribution is 0.0886. The van der Waals surface area contributed by atoms with E-state index in [4.69, 9.17) is 9.72 Å². The minimum Gasteiger partial charge on any atom is -0.361 e. The highest BCUT2D eigenvalue weighted by Crippen LogP contribution is 2.23. The van der Waals surface area contributed by atoms with E-state index in [1.165, 1.54) is 5.56 Å². The summed E-state index contributed by atoms with van der Waals surface area (Å²) >= 11 is 0. The Kier molecular flexibility index (Phi) is 7.05. The Morgan fingerprint density at radius 2 is 1.84 bits per heavy atom. The van der Waals surface area contributed by atoms with E-state index in [2.05, 4.69) is 35.3 Å². The molecular formula is C24H35N5O2Si. The van der Waals surface area contributed by atoms with E-state index in [1.54, 1.807) is 12.4 Å². The van der Waals surface area contributed by atoms with Crippen LogP contribution in [-0.4, -0.2) is 40.7 Å². The molecule has 0 bridgehead atoms. The summed E-state index contributed by atoms with van der Waals surface area (Å²) in [6, 6.07) is 9.13. The number of nitrogens with zero attached hydrogens (tertiary/aromatic N) is 3. The van der Waals surface area contributed by atoms with Gasteiger partial charge in [0.15, 0.2) is 5.65 Å². The molecule has 0 saturated carbocycles. The molecular weight excluding hydrogens is 418 g/mol. The maximum Gasteiger partial charge on any atom is 0.255 e. The molecule has 3 aromatic rings. The molecule has 7 nitrogen and oxygen atoms in total. The molecule has 0 atom stereocenters. The summed E-state index contributed by atoms with van der Waals surface area (Å²) in [5.41, 5.74) is 3.42. The summed E-state index contributed by atoms with van der Waals surface area (Å²) < 4.78 is 7.78. The monoisotopic (exact) mass is 453 g/mol. The quantitative estimate of drug-likeness (QED) is 0.356. The number of anilines is 2. The number of nitrogens with one attached hydrogen (secondary N) is 2. The van der Waals surface area contributed by atoms with Gasteiger partial charge in [-0.2, -0.15) is 0 Å². The average Bonchev–Trinajstić information content (AvgIpc) is 3.03. The zero-order valence-electron chi connectivity index (χ0n) is 20.2. The maximum atomic E-state index is 13.0. The summed E-state index contributed by atoms with van der Waals surface area (Å²) in [4.78, 5) is 22.3. The van der Waals surface area contributed by atoms with Crippen LogP contribution >= 0.6 is 0 Å². The normalized spacial score (nSPS) is 12.2. The van der Waals surface area contributed by atoms with Crippen LogP contribution in [0.3, 0.4) is 0 Å². The molecule has 0 radical (unpaired) electrons. The van der Waals surface area contributed by atoms with Crippen LogP contribution in [0.1, 0.15) is 36.7 Å². The fourth-order valence-corrected chi connectivity index (χ4v) is 3.87. The highest BCUT2D eigenvalue weighted by molar-refractivity contribution is 6.76. The fraction of sp³-hybridized carbons (Fsp3) is 0.458. The van der Waals surface area contributed by atoms with E-state index in [0.717, 1.165) is 11.7 Å². The first-order valence-corrected chi connectivity index (χ1v) is 14.7. The van der Waals surface area contributed by atoms with Crippen LogP contribution in [0.4, 0.5) is 11.5 Å². The number of ether oxygens (including phenoxy) is 1. The molecule has 0 fully saturated rings. The SMILES string of the molecule is Cc1ccc(Nc2cnc3c(n2)c(C(=O)NC(C)(C)C)cn3COCC[Si](C)(C)C)cc1. The maximum absolute atomic E-state index is 13.0. The standard InChI is InChI=1S/C24H35N5O2Si/c1-17-8-10-18(11-9-17)26-20-14-25-22-21(27-20)19(23(30)28-24(2,3)4)15-29(22)16-31-12-13-32(5,6)7/h8-11,14-15H,12-13,16H2,1-7H3,(H,26,27)(H,28,30). The van der Waals surface area contributed by atoms with Gasteiger partial charge in [0.1, 0.15) is 18.1 Å². The second-order valence-electron chi connectivity index (χ2n) is 10.5. The van der Waals surface area contributed by atoms with Crippen molar-refractivity contribution in [2.75, 3.05) is 11.9 Å². The van der Waals surface area contributed by atoms with Gasteiger partial charge in [0.25, 0.3) is 5.91 Å². The predicted octanol–water partition coefficient (Wildman–Crippen LogP) is 5.32. The Hall–Kier alpha value is -2.71. The van der Waals surface area contributed by atoms with E-state index < -0.39 is 8.07 Å². The van der Waals surface area contributed by atoms with Crippen LogP contribution in [0, 0.1) is 6.92 Å². The lowest BCUT2D eigenvalue weighted by Gasteiger charge is -2.20. The van der Waals surface area contributed by atoms with Crippen molar-refractivity contribution in [2.45, 2.75) is 65.6 Å². The van der Waals surface area contributed by atoms with E-state index in [0.29, 0.717) is 35.9 Å². The van der Waals surface area contributed by atoms with Gasteiger partial charge < -0.3 is 19.9 Å². The highest BCUT2D eigenvalue weighted by Gasteiger charge is 2.22. The van der Waals surface area contributed by atoms with Crippen molar-refractivity contribution in [3.63, 3.8) is 0 Å². The minimum absolute atomic E-state index is 0.176. The molecule has 3 rings (SSSR count). The van der Waals surface area contributed by atoms with Crippen LogP contribution in [0.2, 0.25) is 25.7 Å². The lowest BCUT2D eigenvalue weighted by Crippen LogP contribution is -2.40. The van der Waals surface area contributed by atoms with Crippen LogP contribution in [0.25, 0.3) is 11.2 Å². The van der Waals surface area contributed by atoms with E-state index in [-0.39, 0.29) is 11.4 Å². The zero-order valence-corrected chi connectivity index (χ0v) is 21.2. The van der Waals surface area contributed by atoms with Gasteiger partial charge in [-0.15, -0.1) is 0 Å². The summed E-state index contributed by atoms with van der Waals surface area (Å²) in [6.07, 6.45) is 3.47. The highest BCUT2D eigenvalue weighted by atomic mass is 28.3. The molecule has 32 heavy (non-hydrogen) atoms. The van der Waals surface area contributed by atoms with Crippen molar-refractivity contribution >= 4 is 36.7 Å². The summed E-state index contributed by atoms with van der Waals surface area (Å²) in [6.45, 7) is 15.9. The number of aryl methyl sites for hydroxylation is 1. The van der Waals surface area contributed by atoms with Gasteiger partial charge in [-0.25, -0.2) is 9.97 Å². The number of carbonyl (C=O) groups excluding carboxylic acids is 1. The number of rotatable bonds is 8. The van der Waals surface area contributed by atoms with Gasteiger partial charge in [0, 0.05) is 32.1 Å². The molecule has 2 aromatic heterocycles. The van der Waals surface area contributed by atoms with Gasteiger partial charge in [0.2, 0.25) is 0 Å². The first-order chi connectivity index (χ1) is 14.9.